The Morgan fingerprint density at radius 2 is 1.68 bits per heavy atom. The molecule has 0 radical (unpaired) electrons. The molecule has 0 saturated carbocycles. The first-order valence-corrected chi connectivity index (χ1v) is 9.16. The summed E-state index contributed by atoms with van der Waals surface area (Å²) in [4.78, 5) is 13.2. The Bertz CT molecular complexity index is 1030. The van der Waals surface area contributed by atoms with E-state index in [2.05, 4.69) is 5.32 Å². The van der Waals surface area contributed by atoms with E-state index in [4.69, 9.17) is 16.9 Å². The van der Waals surface area contributed by atoms with Crippen LogP contribution < -0.4 is 5.32 Å². The van der Waals surface area contributed by atoms with Gasteiger partial charge in [0.15, 0.2) is 5.60 Å². The average molecular weight is 391 g/mol. The lowest BCUT2D eigenvalue weighted by atomic mass is 9.86. The number of halogens is 1. The highest BCUT2D eigenvalue weighted by atomic mass is 35.5. The first-order valence-electron chi connectivity index (χ1n) is 8.78. The smallest absolute Gasteiger partial charge is 0.261 e. The van der Waals surface area contributed by atoms with Crippen molar-refractivity contribution in [3.05, 3.63) is 100 Å². The minimum absolute atomic E-state index is 0.118. The largest absolute Gasteiger partial charge is 0.375 e. The first kappa shape index (κ1) is 19.6. The maximum atomic E-state index is 13.2. The van der Waals surface area contributed by atoms with Crippen molar-refractivity contribution in [3.63, 3.8) is 0 Å². The van der Waals surface area contributed by atoms with Gasteiger partial charge in [-0.2, -0.15) is 5.26 Å². The minimum Gasteiger partial charge on any atom is -0.375 e. The number of anilines is 1. The van der Waals surface area contributed by atoms with Gasteiger partial charge in [-0.15, -0.1) is 0 Å². The number of aliphatic hydroxyl groups is 1. The zero-order valence-electron chi connectivity index (χ0n) is 15.3. The van der Waals surface area contributed by atoms with E-state index < -0.39 is 11.5 Å². The monoisotopic (exact) mass is 390 g/mol. The molecule has 0 bridgehead atoms. The van der Waals surface area contributed by atoms with Gasteiger partial charge in [0.2, 0.25) is 0 Å². The summed E-state index contributed by atoms with van der Waals surface area (Å²) in [5.41, 5.74) is 0.919. The molecular formula is C23H19ClN2O2. The highest BCUT2D eigenvalue weighted by Gasteiger charge is 2.38. The number of nitrogens with one attached hydrogen (secondary N) is 1. The number of nitriles is 1. The van der Waals surface area contributed by atoms with Crippen molar-refractivity contribution in [1.29, 1.82) is 5.26 Å². The molecule has 0 aliphatic carbocycles. The van der Waals surface area contributed by atoms with E-state index in [9.17, 15) is 9.90 Å². The molecule has 2 N–H and O–H groups in total. The molecule has 0 heterocycles. The van der Waals surface area contributed by atoms with E-state index in [1.807, 2.05) is 42.5 Å². The van der Waals surface area contributed by atoms with Crippen molar-refractivity contribution in [3.8, 4) is 6.07 Å². The third-order valence-corrected chi connectivity index (χ3v) is 5.17. The second kappa shape index (κ2) is 8.26. The number of carbonyl (C=O) groups excluding carboxylic acids is 1. The molecule has 0 spiro atoms. The van der Waals surface area contributed by atoms with Gasteiger partial charge in [0, 0.05) is 12.1 Å². The predicted octanol–water partition coefficient (Wildman–Crippen LogP) is 4.59. The van der Waals surface area contributed by atoms with Crippen LogP contribution in [0.5, 0.6) is 0 Å². The molecule has 5 heteroatoms. The summed E-state index contributed by atoms with van der Waals surface area (Å²) in [5.74, 6) is -0.563. The van der Waals surface area contributed by atoms with E-state index in [1.165, 1.54) is 0 Å². The Labute approximate surface area is 169 Å². The molecule has 140 valence electrons. The molecule has 1 atom stereocenters. The summed E-state index contributed by atoms with van der Waals surface area (Å²) in [6, 6.07) is 23.4. The lowest BCUT2D eigenvalue weighted by Crippen LogP contribution is -2.42. The second-order valence-electron chi connectivity index (χ2n) is 6.55. The van der Waals surface area contributed by atoms with Crippen LogP contribution in [0.1, 0.15) is 22.3 Å². The molecule has 3 aromatic carbocycles. The Hall–Kier alpha value is -3.13. The SMILES string of the molecule is Cc1c(NC(=O)C(O)(Cc2ccccc2)c2ccccc2)ccc(C#N)c1Cl. The summed E-state index contributed by atoms with van der Waals surface area (Å²) in [6.07, 6.45) is 0.118. The van der Waals surface area contributed by atoms with E-state index in [-0.39, 0.29) is 11.4 Å². The third kappa shape index (κ3) is 3.91. The molecular weight excluding hydrogens is 372 g/mol. The van der Waals surface area contributed by atoms with Crippen molar-refractivity contribution in [2.75, 3.05) is 5.32 Å². The Balaban J connectivity index is 1.98. The van der Waals surface area contributed by atoms with Gasteiger partial charge < -0.3 is 10.4 Å². The van der Waals surface area contributed by atoms with Gasteiger partial charge in [-0.25, -0.2) is 0 Å². The first-order chi connectivity index (χ1) is 13.5. The van der Waals surface area contributed by atoms with Crippen molar-refractivity contribution in [2.24, 2.45) is 0 Å². The quantitative estimate of drug-likeness (QED) is 0.669. The number of carbonyl (C=O) groups is 1. The van der Waals surface area contributed by atoms with Gasteiger partial charge in [0.1, 0.15) is 6.07 Å². The molecule has 1 amide bonds. The maximum Gasteiger partial charge on any atom is 0.261 e. The van der Waals surface area contributed by atoms with Crippen molar-refractivity contribution in [1.82, 2.24) is 0 Å². The van der Waals surface area contributed by atoms with Crippen LogP contribution in [-0.2, 0) is 16.8 Å². The van der Waals surface area contributed by atoms with Crippen molar-refractivity contribution in [2.45, 2.75) is 18.9 Å². The standard InChI is InChI=1S/C23H19ClN2O2/c1-16-20(13-12-18(15-25)21(16)24)26-22(27)23(28,19-10-6-3-7-11-19)14-17-8-4-2-5-9-17/h2-13,28H,14H2,1H3,(H,26,27). The Kier molecular flexibility index (Phi) is 5.79. The topological polar surface area (TPSA) is 73.1 Å². The fourth-order valence-corrected chi connectivity index (χ4v) is 3.26. The zero-order valence-corrected chi connectivity index (χ0v) is 16.1. The zero-order chi connectivity index (χ0) is 20.1. The van der Waals surface area contributed by atoms with Crippen LogP contribution in [-0.4, -0.2) is 11.0 Å². The number of hydrogen-bond acceptors (Lipinski definition) is 3. The molecule has 0 aromatic heterocycles. The van der Waals surface area contributed by atoms with Gasteiger partial charge in [-0.05, 0) is 35.7 Å². The lowest BCUT2D eigenvalue weighted by Gasteiger charge is -2.28. The molecule has 28 heavy (non-hydrogen) atoms. The Morgan fingerprint density at radius 3 is 2.29 bits per heavy atom. The normalized spacial score (nSPS) is 12.6. The summed E-state index contributed by atoms with van der Waals surface area (Å²) < 4.78 is 0. The summed E-state index contributed by atoms with van der Waals surface area (Å²) >= 11 is 6.21. The van der Waals surface area contributed by atoms with Crippen LogP contribution in [0, 0.1) is 18.3 Å². The summed E-state index contributed by atoms with van der Waals surface area (Å²) in [7, 11) is 0. The number of amides is 1. The van der Waals surface area contributed by atoms with E-state index in [0.29, 0.717) is 22.4 Å². The van der Waals surface area contributed by atoms with Gasteiger partial charge in [0.25, 0.3) is 5.91 Å². The van der Waals surface area contributed by atoms with Crippen LogP contribution >= 0.6 is 11.6 Å². The van der Waals surface area contributed by atoms with E-state index >= 15 is 0 Å². The highest BCUT2D eigenvalue weighted by molar-refractivity contribution is 6.33. The fraction of sp³-hybridized carbons (Fsp3) is 0.130. The lowest BCUT2D eigenvalue weighted by molar-refractivity contribution is -0.135. The summed E-state index contributed by atoms with van der Waals surface area (Å²) in [6.45, 7) is 1.72. The van der Waals surface area contributed by atoms with Gasteiger partial charge in [0.05, 0.1) is 10.6 Å². The number of benzene rings is 3. The maximum absolute atomic E-state index is 13.2. The minimum atomic E-state index is -1.77. The third-order valence-electron chi connectivity index (χ3n) is 4.68. The predicted molar refractivity (Wildman–Crippen MR) is 110 cm³/mol. The Morgan fingerprint density at radius 1 is 1.07 bits per heavy atom. The van der Waals surface area contributed by atoms with E-state index in [1.54, 1.807) is 43.3 Å². The van der Waals surface area contributed by atoms with Crippen LogP contribution in [0.25, 0.3) is 0 Å². The number of hydrogen-bond donors (Lipinski definition) is 2. The molecule has 3 aromatic rings. The fourth-order valence-electron chi connectivity index (χ4n) is 3.05. The second-order valence-corrected chi connectivity index (χ2v) is 6.93. The number of nitrogens with zero attached hydrogens (tertiary/aromatic N) is 1. The van der Waals surface area contributed by atoms with Crippen molar-refractivity contribution < 1.29 is 9.90 Å². The van der Waals surface area contributed by atoms with Crippen LogP contribution in [0.3, 0.4) is 0 Å². The van der Waals surface area contributed by atoms with Gasteiger partial charge >= 0.3 is 0 Å². The van der Waals surface area contributed by atoms with Crippen LogP contribution in [0.2, 0.25) is 5.02 Å². The van der Waals surface area contributed by atoms with Crippen molar-refractivity contribution >= 4 is 23.2 Å². The molecule has 3 rings (SSSR count). The molecule has 0 aliphatic rings. The van der Waals surface area contributed by atoms with E-state index in [0.717, 1.165) is 5.56 Å². The molecule has 1 unspecified atom stereocenters. The van der Waals surface area contributed by atoms with Crippen LogP contribution in [0.4, 0.5) is 5.69 Å². The molecule has 4 nitrogen and oxygen atoms in total. The molecule has 0 fully saturated rings. The number of rotatable bonds is 5. The average Bonchev–Trinajstić information content (AvgIpc) is 2.73. The molecule has 0 saturated heterocycles. The van der Waals surface area contributed by atoms with Crippen LogP contribution in [0.15, 0.2) is 72.8 Å². The van der Waals surface area contributed by atoms with Gasteiger partial charge in [-0.3, -0.25) is 4.79 Å². The van der Waals surface area contributed by atoms with Gasteiger partial charge in [-0.1, -0.05) is 72.3 Å². The summed E-state index contributed by atoms with van der Waals surface area (Å²) in [5, 5.41) is 23.6. The molecule has 0 aliphatic heterocycles. The highest BCUT2D eigenvalue weighted by Crippen LogP contribution is 2.31.